The number of halogens is 3. The molecule has 10 nitrogen and oxygen atoms in total. The van der Waals surface area contributed by atoms with Crippen LogP contribution in [-0.2, 0) is 10.3 Å². The molecule has 13 heteroatoms. The predicted octanol–water partition coefficient (Wildman–Crippen LogP) is 3.72. The number of pyridine rings is 2. The molecule has 0 amide bonds. The molecule has 2 aliphatic heterocycles. The van der Waals surface area contributed by atoms with E-state index in [1.54, 1.807) is 16.8 Å². The van der Waals surface area contributed by atoms with Crippen molar-refractivity contribution in [2.24, 2.45) is 0 Å². The van der Waals surface area contributed by atoms with Gasteiger partial charge in [-0.2, -0.15) is 20.5 Å². The second kappa shape index (κ2) is 11.5. The lowest BCUT2D eigenvalue weighted by molar-refractivity contribution is -0.0780. The van der Waals surface area contributed by atoms with E-state index in [0.717, 1.165) is 38.8 Å². The van der Waals surface area contributed by atoms with E-state index in [-0.39, 0.29) is 12.3 Å². The second-order valence-electron chi connectivity index (χ2n) is 9.99. The number of aliphatic hydroxyl groups is 1. The lowest BCUT2D eigenvalue weighted by Crippen LogP contribution is -2.52. The third kappa shape index (κ3) is 6.19. The van der Waals surface area contributed by atoms with Gasteiger partial charge in [0.25, 0.3) is 0 Å². The summed E-state index contributed by atoms with van der Waals surface area (Å²) in [7, 11) is 0. The Kier molecular flexibility index (Phi) is 8.08. The maximum atomic E-state index is 13.1. The fourth-order valence-electron chi connectivity index (χ4n) is 4.55. The summed E-state index contributed by atoms with van der Waals surface area (Å²) in [6, 6.07) is 4.92. The van der Waals surface area contributed by atoms with Crippen molar-refractivity contribution in [3.05, 3.63) is 59.0 Å². The van der Waals surface area contributed by atoms with Gasteiger partial charge in [-0.1, -0.05) is 11.6 Å². The average Bonchev–Trinajstić information content (AvgIpc) is 3.47. The van der Waals surface area contributed by atoms with Gasteiger partial charge in [-0.15, -0.1) is 0 Å². The summed E-state index contributed by atoms with van der Waals surface area (Å²) in [6.07, 6.45) is 5.48. The number of aromatic amines is 1. The van der Waals surface area contributed by atoms with Crippen LogP contribution in [0.15, 0.2) is 36.8 Å². The molecular weight excluding hydrogens is 532 g/mol. The van der Waals surface area contributed by atoms with Crippen molar-refractivity contribution in [2.75, 3.05) is 32.9 Å². The normalized spacial score (nSPS) is 19.7. The third-order valence-electron chi connectivity index (χ3n) is 6.85. The summed E-state index contributed by atoms with van der Waals surface area (Å²) in [4.78, 5) is 6.15. The number of ether oxygens (including phenoxy) is 2. The molecule has 4 aromatic rings. The van der Waals surface area contributed by atoms with Gasteiger partial charge in [0.05, 0.1) is 48.1 Å². The maximum absolute atomic E-state index is 13.1. The molecule has 0 aromatic carbocycles. The van der Waals surface area contributed by atoms with E-state index < -0.39 is 17.6 Å². The number of nitrogens with one attached hydrogen (secondary N) is 1. The second-order valence-corrected chi connectivity index (χ2v) is 10.4. The van der Waals surface area contributed by atoms with Gasteiger partial charge < -0.3 is 14.6 Å². The van der Waals surface area contributed by atoms with Gasteiger partial charge in [0.15, 0.2) is 0 Å². The molecule has 0 radical (unpaired) electrons. The van der Waals surface area contributed by atoms with Crippen molar-refractivity contribution in [1.82, 2.24) is 34.9 Å². The summed E-state index contributed by atoms with van der Waals surface area (Å²) < 4.78 is 38.5. The van der Waals surface area contributed by atoms with Crippen LogP contribution in [0.2, 0.25) is 5.02 Å². The summed E-state index contributed by atoms with van der Waals surface area (Å²) in [5.41, 5.74) is 1.46. The molecule has 0 aliphatic carbocycles. The first kappa shape index (κ1) is 27.4. The lowest BCUT2D eigenvalue weighted by Gasteiger charge is -2.40. The summed E-state index contributed by atoms with van der Waals surface area (Å²) in [5.74, 6) is -0.0753. The first-order valence-electron chi connectivity index (χ1n) is 12.7. The molecule has 6 heterocycles. The highest BCUT2D eigenvalue weighted by atomic mass is 35.5. The number of aromatic nitrogens is 6. The number of piperidine rings is 1. The molecular formula is C26H30ClF2N7O3. The molecule has 39 heavy (non-hydrogen) atoms. The van der Waals surface area contributed by atoms with Crippen LogP contribution in [0.1, 0.15) is 31.2 Å². The number of rotatable bonds is 6. The molecule has 2 fully saturated rings. The minimum absolute atomic E-state index is 0.135. The Morgan fingerprint density at radius 2 is 2.10 bits per heavy atom. The van der Waals surface area contributed by atoms with Crippen molar-refractivity contribution >= 4 is 17.1 Å². The van der Waals surface area contributed by atoms with E-state index in [1.807, 2.05) is 6.92 Å². The van der Waals surface area contributed by atoms with Crippen molar-refractivity contribution in [3.8, 4) is 17.0 Å². The van der Waals surface area contributed by atoms with Crippen molar-refractivity contribution in [2.45, 2.75) is 44.5 Å². The SMILES string of the molecule is Cc1n[nH]nc1-c1cc(OC[C@](C)(O)c2ccc(F)cn2)c2c(Cl)cnn2c1.FC1CCCN(C2COC2)C1. The Bertz CT molecular complexity index is 1410. The van der Waals surface area contributed by atoms with E-state index in [0.29, 0.717) is 45.8 Å². The Morgan fingerprint density at radius 3 is 2.74 bits per heavy atom. The van der Waals surface area contributed by atoms with Gasteiger partial charge >= 0.3 is 0 Å². The summed E-state index contributed by atoms with van der Waals surface area (Å²) in [6.45, 7) is 6.55. The van der Waals surface area contributed by atoms with Crippen molar-refractivity contribution < 1.29 is 23.4 Å². The average molecular weight is 562 g/mol. The van der Waals surface area contributed by atoms with Crippen molar-refractivity contribution in [1.29, 1.82) is 0 Å². The van der Waals surface area contributed by atoms with E-state index in [2.05, 4.69) is 30.4 Å². The molecule has 4 aromatic heterocycles. The van der Waals surface area contributed by atoms with Gasteiger partial charge in [0.2, 0.25) is 0 Å². The number of alkyl halides is 1. The molecule has 1 unspecified atom stereocenters. The van der Waals surface area contributed by atoms with E-state index in [1.165, 1.54) is 25.3 Å². The molecule has 2 N–H and O–H groups in total. The van der Waals surface area contributed by atoms with Crippen LogP contribution < -0.4 is 4.74 Å². The Labute approximate surface area is 228 Å². The van der Waals surface area contributed by atoms with Crippen LogP contribution in [0.25, 0.3) is 16.8 Å². The van der Waals surface area contributed by atoms with Crippen LogP contribution in [0.5, 0.6) is 5.75 Å². The first-order valence-corrected chi connectivity index (χ1v) is 13.1. The number of hydrogen-bond donors (Lipinski definition) is 2. The monoisotopic (exact) mass is 561 g/mol. The van der Waals surface area contributed by atoms with Gasteiger partial charge in [-0.25, -0.2) is 13.3 Å². The molecule has 2 saturated heterocycles. The number of fused-ring (bicyclic) bond motifs is 1. The van der Waals surface area contributed by atoms with Crippen LogP contribution in [0.3, 0.4) is 0 Å². The number of likely N-dealkylation sites (tertiary alicyclic amines) is 1. The van der Waals surface area contributed by atoms with E-state index in [9.17, 15) is 13.9 Å². The fourth-order valence-corrected chi connectivity index (χ4v) is 4.77. The Balaban J connectivity index is 0.000000233. The van der Waals surface area contributed by atoms with Crippen LogP contribution in [0.4, 0.5) is 8.78 Å². The van der Waals surface area contributed by atoms with Gasteiger partial charge in [0.1, 0.15) is 41.2 Å². The van der Waals surface area contributed by atoms with Gasteiger partial charge in [-0.3, -0.25) is 9.88 Å². The molecule has 208 valence electrons. The zero-order valence-corrected chi connectivity index (χ0v) is 22.4. The predicted molar refractivity (Wildman–Crippen MR) is 140 cm³/mol. The maximum Gasteiger partial charge on any atom is 0.147 e. The molecule has 2 aliphatic rings. The minimum Gasteiger partial charge on any atom is -0.488 e. The standard InChI is InChI=1S/C18H16ClFN6O2.C8H14FNO/c1-10-16(24-25-23-10)11-5-14(17-13(19)7-22-26(17)8-11)28-9-18(2,27)15-4-3-12(20)6-21-15;9-7-2-1-3-10(4-7)8-5-11-6-8/h3-8,27H,9H2,1-2H3,(H,23,24,25);7-8H,1-6H2/t18-;/m0./s1. The quantitative estimate of drug-likeness (QED) is 0.366. The molecule has 0 spiro atoms. The number of H-pyrrole nitrogens is 1. The minimum atomic E-state index is -1.45. The van der Waals surface area contributed by atoms with Crippen LogP contribution >= 0.6 is 11.6 Å². The van der Waals surface area contributed by atoms with Crippen molar-refractivity contribution in [3.63, 3.8) is 0 Å². The molecule has 0 bridgehead atoms. The summed E-state index contributed by atoms with van der Waals surface area (Å²) >= 11 is 6.26. The highest BCUT2D eigenvalue weighted by molar-refractivity contribution is 6.34. The third-order valence-corrected chi connectivity index (χ3v) is 7.12. The zero-order valence-electron chi connectivity index (χ0n) is 21.6. The van der Waals surface area contributed by atoms with Crippen LogP contribution in [0, 0.1) is 12.7 Å². The van der Waals surface area contributed by atoms with E-state index in [4.69, 9.17) is 21.1 Å². The highest BCUT2D eigenvalue weighted by Gasteiger charge is 2.30. The zero-order chi connectivity index (χ0) is 27.6. The Morgan fingerprint density at radius 1 is 1.28 bits per heavy atom. The molecule has 0 saturated carbocycles. The van der Waals surface area contributed by atoms with Crippen LogP contribution in [-0.4, -0.2) is 85.1 Å². The highest BCUT2D eigenvalue weighted by Crippen LogP contribution is 2.33. The molecule has 6 rings (SSSR count). The topological polar surface area (TPSA) is 114 Å². The lowest BCUT2D eigenvalue weighted by atomic mass is 10.0. The van der Waals surface area contributed by atoms with E-state index >= 15 is 0 Å². The number of hydrogen-bond acceptors (Lipinski definition) is 8. The molecule has 2 atom stereocenters. The number of nitrogens with zero attached hydrogens (tertiary/aromatic N) is 6. The Hall–Kier alpha value is -3.19. The van der Waals surface area contributed by atoms with Gasteiger partial charge in [-0.05, 0) is 51.4 Å². The fraction of sp³-hybridized carbons (Fsp3) is 0.462. The summed E-state index contributed by atoms with van der Waals surface area (Å²) in [5, 5.41) is 26.1. The van der Waals surface area contributed by atoms with Gasteiger partial charge in [0, 0.05) is 18.3 Å². The first-order chi connectivity index (χ1) is 18.7. The smallest absolute Gasteiger partial charge is 0.147 e. The number of aryl methyl sites for hydroxylation is 1. The largest absolute Gasteiger partial charge is 0.488 e.